The Morgan fingerprint density at radius 2 is 2.07 bits per heavy atom. The lowest BCUT2D eigenvalue weighted by Crippen LogP contribution is -2.06. The molecule has 2 nitrogen and oxygen atoms in total. The smallest absolute Gasteiger partial charge is 0.209 e. The van der Waals surface area contributed by atoms with Crippen molar-refractivity contribution in [2.75, 3.05) is 0 Å². The number of benzene rings is 1. The summed E-state index contributed by atoms with van der Waals surface area (Å²) in [6.07, 6.45) is 1.87. The highest BCUT2D eigenvalue weighted by atomic mass is 79.9. The van der Waals surface area contributed by atoms with Gasteiger partial charge in [0.1, 0.15) is 0 Å². The molecule has 0 spiro atoms. The van der Waals surface area contributed by atoms with E-state index in [1.54, 1.807) is 0 Å². The standard InChI is InChI=1S/C12H10BrNO/c1-14-7-3-6-11(14)12(15)9-4-2-5-10(13)8-9/h2-8H,1H3. The van der Waals surface area contributed by atoms with E-state index in [2.05, 4.69) is 15.9 Å². The van der Waals surface area contributed by atoms with E-state index >= 15 is 0 Å². The van der Waals surface area contributed by atoms with Crippen molar-refractivity contribution in [2.45, 2.75) is 0 Å². The predicted molar refractivity (Wildman–Crippen MR) is 63.0 cm³/mol. The molecule has 0 N–H and O–H groups in total. The number of aromatic nitrogens is 1. The molecule has 0 atom stereocenters. The number of carbonyl (C=O) groups excluding carboxylic acids is 1. The molecule has 0 radical (unpaired) electrons. The molecule has 15 heavy (non-hydrogen) atoms. The zero-order valence-electron chi connectivity index (χ0n) is 8.27. The number of hydrogen-bond donors (Lipinski definition) is 0. The van der Waals surface area contributed by atoms with E-state index in [1.165, 1.54) is 0 Å². The van der Waals surface area contributed by atoms with Crippen LogP contribution in [-0.2, 0) is 7.05 Å². The Balaban J connectivity index is 2.41. The van der Waals surface area contributed by atoms with Gasteiger partial charge in [0, 0.05) is 23.3 Å². The highest BCUT2D eigenvalue weighted by Gasteiger charge is 2.11. The molecule has 0 fully saturated rings. The van der Waals surface area contributed by atoms with Gasteiger partial charge in [0.25, 0.3) is 0 Å². The maximum absolute atomic E-state index is 12.0. The van der Waals surface area contributed by atoms with Crippen LogP contribution >= 0.6 is 15.9 Å². The van der Waals surface area contributed by atoms with Crippen LogP contribution in [0.4, 0.5) is 0 Å². The average Bonchev–Trinajstić information content (AvgIpc) is 2.63. The minimum absolute atomic E-state index is 0.0452. The molecule has 1 heterocycles. The van der Waals surface area contributed by atoms with Crippen LogP contribution in [0.5, 0.6) is 0 Å². The third kappa shape index (κ3) is 2.02. The van der Waals surface area contributed by atoms with Crippen molar-refractivity contribution in [3.05, 3.63) is 58.3 Å². The molecule has 0 aliphatic carbocycles. The number of nitrogens with zero attached hydrogens (tertiary/aromatic N) is 1. The molecule has 2 rings (SSSR count). The van der Waals surface area contributed by atoms with Gasteiger partial charge in [-0.3, -0.25) is 4.79 Å². The lowest BCUT2D eigenvalue weighted by Gasteiger charge is -2.02. The van der Waals surface area contributed by atoms with Gasteiger partial charge in [0.05, 0.1) is 5.69 Å². The van der Waals surface area contributed by atoms with Crippen LogP contribution in [0.2, 0.25) is 0 Å². The van der Waals surface area contributed by atoms with Gasteiger partial charge in [-0.05, 0) is 24.3 Å². The van der Waals surface area contributed by atoms with Gasteiger partial charge < -0.3 is 4.57 Å². The van der Waals surface area contributed by atoms with Crippen LogP contribution in [0.1, 0.15) is 16.1 Å². The lowest BCUT2D eigenvalue weighted by atomic mass is 10.1. The summed E-state index contributed by atoms with van der Waals surface area (Å²) in [5.74, 6) is 0.0452. The van der Waals surface area contributed by atoms with E-state index in [0.29, 0.717) is 11.3 Å². The molecule has 76 valence electrons. The molecule has 0 unspecified atom stereocenters. The summed E-state index contributed by atoms with van der Waals surface area (Å²) in [4.78, 5) is 12.0. The summed E-state index contributed by atoms with van der Waals surface area (Å²) in [5.41, 5.74) is 1.40. The van der Waals surface area contributed by atoms with E-state index in [4.69, 9.17) is 0 Å². The monoisotopic (exact) mass is 263 g/mol. The second-order valence-corrected chi connectivity index (χ2v) is 4.26. The van der Waals surface area contributed by atoms with Gasteiger partial charge in [-0.25, -0.2) is 0 Å². The van der Waals surface area contributed by atoms with E-state index in [0.717, 1.165) is 4.47 Å². The summed E-state index contributed by atoms with van der Waals surface area (Å²) in [7, 11) is 1.87. The zero-order valence-corrected chi connectivity index (χ0v) is 9.86. The molecule has 0 saturated heterocycles. The van der Waals surface area contributed by atoms with Gasteiger partial charge in [-0.2, -0.15) is 0 Å². The molecule has 0 saturated carbocycles. The topological polar surface area (TPSA) is 22.0 Å². The number of hydrogen-bond acceptors (Lipinski definition) is 1. The van der Waals surface area contributed by atoms with E-state index in [-0.39, 0.29) is 5.78 Å². The first-order valence-corrected chi connectivity index (χ1v) is 5.39. The third-order valence-corrected chi connectivity index (χ3v) is 2.76. The Hall–Kier alpha value is -1.35. The Kier molecular flexibility index (Phi) is 2.73. The Morgan fingerprint density at radius 1 is 1.27 bits per heavy atom. The normalized spacial score (nSPS) is 10.3. The van der Waals surface area contributed by atoms with Gasteiger partial charge in [0.15, 0.2) is 0 Å². The molecule has 2 aromatic rings. The van der Waals surface area contributed by atoms with Crippen molar-refractivity contribution in [1.82, 2.24) is 4.57 Å². The van der Waals surface area contributed by atoms with E-state index < -0.39 is 0 Å². The van der Waals surface area contributed by atoms with Crippen LogP contribution < -0.4 is 0 Å². The highest BCUT2D eigenvalue weighted by molar-refractivity contribution is 9.10. The minimum Gasteiger partial charge on any atom is -0.348 e. The lowest BCUT2D eigenvalue weighted by molar-refractivity contribution is 0.103. The fourth-order valence-electron chi connectivity index (χ4n) is 1.47. The van der Waals surface area contributed by atoms with Gasteiger partial charge in [0.2, 0.25) is 5.78 Å². The summed E-state index contributed by atoms with van der Waals surface area (Å²) >= 11 is 3.35. The van der Waals surface area contributed by atoms with E-state index in [1.807, 2.05) is 54.2 Å². The molecule has 0 amide bonds. The van der Waals surface area contributed by atoms with Crippen LogP contribution in [0.3, 0.4) is 0 Å². The predicted octanol–water partition coefficient (Wildman–Crippen LogP) is 3.02. The fourth-order valence-corrected chi connectivity index (χ4v) is 1.87. The minimum atomic E-state index is 0.0452. The van der Waals surface area contributed by atoms with Crippen LogP contribution in [0.25, 0.3) is 0 Å². The number of halogens is 1. The van der Waals surface area contributed by atoms with Crippen molar-refractivity contribution in [1.29, 1.82) is 0 Å². The van der Waals surface area contributed by atoms with Gasteiger partial charge in [-0.15, -0.1) is 0 Å². The molecule has 0 aliphatic rings. The molecular formula is C12H10BrNO. The van der Waals surface area contributed by atoms with Crippen molar-refractivity contribution in [2.24, 2.45) is 7.05 Å². The van der Waals surface area contributed by atoms with Crippen molar-refractivity contribution in [3.8, 4) is 0 Å². The fraction of sp³-hybridized carbons (Fsp3) is 0.0833. The van der Waals surface area contributed by atoms with E-state index in [9.17, 15) is 4.79 Å². The maximum Gasteiger partial charge on any atom is 0.209 e. The molecule has 0 bridgehead atoms. The van der Waals surface area contributed by atoms with Gasteiger partial charge >= 0.3 is 0 Å². The summed E-state index contributed by atoms with van der Waals surface area (Å²) in [5, 5.41) is 0. The molecule has 1 aromatic carbocycles. The van der Waals surface area contributed by atoms with Crippen molar-refractivity contribution >= 4 is 21.7 Å². The quantitative estimate of drug-likeness (QED) is 0.764. The maximum atomic E-state index is 12.0. The highest BCUT2D eigenvalue weighted by Crippen LogP contribution is 2.15. The second-order valence-electron chi connectivity index (χ2n) is 3.34. The Bertz CT molecular complexity index is 502. The average molecular weight is 264 g/mol. The van der Waals surface area contributed by atoms with Gasteiger partial charge in [-0.1, -0.05) is 28.1 Å². The first-order valence-electron chi connectivity index (χ1n) is 4.60. The van der Waals surface area contributed by atoms with Crippen molar-refractivity contribution < 1.29 is 4.79 Å². The summed E-state index contributed by atoms with van der Waals surface area (Å²) < 4.78 is 2.74. The van der Waals surface area contributed by atoms with Crippen molar-refractivity contribution in [3.63, 3.8) is 0 Å². The first kappa shape index (κ1) is 10.2. The van der Waals surface area contributed by atoms with Crippen LogP contribution in [0, 0.1) is 0 Å². The molecule has 3 heteroatoms. The Morgan fingerprint density at radius 3 is 2.67 bits per heavy atom. The number of rotatable bonds is 2. The first-order chi connectivity index (χ1) is 7.18. The summed E-state index contributed by atoms with van der Waals surface area (Å²) in [6.45, 7) is 0. The molecule has 0 aliphatic heterocycles. The van der Waals surface area contributed by atoms with Crippen LogP contribution in [0.15, 0.2) is 47.1 Å². The second kappa shape index (κ2) is 4.03. The third-order valence-electron chi connectivity index (χ3n) is 2.26. The molecule has 1 aromatic heterocycles. The SMILES string of the molecule is Cn1cccc1C(=O)c1cccc(Br)c1. The Labute approximate surface area is 96.7 Å². The number of ketones is 1. The molecular weight excluding hydrogens is 254 g/mol. The summed E-state index contributed by atoms with van der Waals surface area (Å²) in [6, 6.07) is 11.1. The number of aryl methyl sites for hydroxylation is 1. The largest absolute Gasteiger partial charge is 0.348 e. The number of carbonyl (C=O) groups is 1. The van der Waals surface area contributed by atoms with Crippen LogP contribution in [-0.4, -0.2) is 10.4 Å². The zero-order chi connectivity index (χ0) is 10.8.